The van der Waals surface area contributed by atoms with Crippen molar-refractivity contribution in [3.8, 4) is 0 Å². The van der Waals surface area contributed by atoms with Crippen LogP contribution in [0.25, 0.3) is 0 Å². The first-order chi connectivity index (χ1) is 11.7. The number of para-hydroxylation sites is 1. The highest BCUT2D eigenvalue weighted by Crippen LogP contribution is 2.33. The van der Waals surface area contributed by atoms with Crippen LogP contribution in [0.5, 0.6) is 0 Å². The smallest absolute Gasteiger partial charge is 0.159 e. The zero-order chi connectivity index (χ0) is 16.9. The maximum absolute atomic E-state index is 6.44. The molecular weight excluding hydrogens is 298 g/mol. The molecule has 24 heavy (non-hydrogen) atoms. The van der Waals surface area contributed by atoms with E-state index in [9.17, 15) is 0 Å². The van der Waals surface area contributed by atoms with Crippen molar-refractivity contribution in [3.05, 3.63) is 36.2 Å². The quantitative estimate of drug-likeness (QED) is 0.865. The van der Waals surface area contributed by atoms with E-state index in [1.165, 1.54) is 24.8 Å². The van der Waals surface area contributed by atoms with E-state index in [1.54, 1.807) is 6.33 Å². The van der Waals surface area contributed by atoms with Gasteiger partial charge in [-0.3, -0.25) is 0 Å². The number of rotatable bonds is 5. The summed E-state index contributed by atoms with van der Waals surface area (Å²) >= 11 is 0. The van der Waals surface area contributed by atoms with Crippen LogP contribution >= 0.6 is 0 Å². The predicted octanol–water partition coefficient (Wildman–Crippen LogP) is 4.13. The van der Waals surface area contributed by atoms with Crippen molar-refractivity contribution >= 4 is 23.0 Å². The van der Waals surface area contributed by atoms with Crippen LogP contribution in [0.1, 0.15) is 45.1 Å². The molecule has 1 fully saturated rings. The van der Waals surface area contributed by atoms with Gasteiger partial charge in [0.1, 0.15) is 12.0 Å². The third-order valence-corrected chi connectivity index (χ3v) is 4.88. The van der Waals surface area contributed by atoms with Crippen molar-refractivity contribution in [3.63, 3.8) is 0 Å². The van der Waals surface area contributed by atoms with Gasteiger partial charge in [-0.2, -0.15) is 0 Å². The average Bonchev–Trinajstić information content (AvgIpc) is 2.64. The Bertz CT molecular complexity index is 685. The van der Waals surface area contributed by atoms with E-state index in [1.807, 2.05) is 6.07 Å². The first-order valence-electron chi connectivity index (χ1n) is 8.96. The van der Waals surface area contributed by atoms with Gasteiger partial charge in [-0.05, 0) is 43.7 Å². The van der Waals surface area contributed by atoms with E-state index >= 15 is 0 Å². The molecule has 0 amide bonds. The van der Waals surface area contributed by atoms with Gasteiger partial charge in [0.25, 0.3) is 0 Å². The molecule has 5 nitrogen and oxygen atoms in total. The number of aryl methyl sites for hydroxylation is 1. The van der Waals surface area contributed by atoms with Gasteiger partial charge in [-0.1, -0.05) is 32.0 Å². The number of hydrogen-bond acceptors (Lipinski definition) is 5. The minimum Gasteiger partial charge on any atom is -0.393 e. The number of benzene rings is 1. The van der Waals surface area contributed by atoms with Crippen LogP contribution in [-0.4, -0.2) is 22.6 Å². The fourth-order valence-corrected chi connectivity index (χ4v) is 3.50. The number of aromatic nitrogens is 2. The summed E-state index contributed by atoms with van der Waals surface area (Å²) in [6, 6.07) is 8.79. The lowest BCUT2D eigenvalue weighted by Gasteiger charge is -2.36. The molecule has 1 aliphatic heterocycles. The zero-order valence-electron chi connectivity index (χ0n) is 14.6. The summed E-state index contributed by atoms with van der Waals surface area (Å²) in [6.45, 7) is 5.40. The highest BCUT2D eigenvalue weighted by Gasteiger charge is 2.25. The molecule has 0 spiro atoms. The van der Waals surface area contributed by atoms with Crippen molar-refractivity contribution < 1.29 is 0 Å². The number of hydrogen-bond donors (Lipinski definition) is 2. The molecule has 1 aliphatic rings. The molecular formula is C19H27N5. The van der Waals surface area contributed by atoms with Crippen LogP contribution < -0.4 is 16.0 Å². The second-order valence-electron chi connectivity index (χ2n) is 6.35. The summed E-state index contributed by atoms with van der Waals surface area (Å²) in [6.07, 6.45) is 7.39. The lowest BCUT2D eigenvalue weighted by molar-refractivity contribution is 0.447. The molecule has 1 unspecified atom stereocenters. The molecule has 5 heteroatoms. The molecule has 2 heterocycles. The summed E-state index contributed by atoms with van der Waals surface area (Å²) in [5, 5.41) is 3.40. The van der Waals surface area contributed by atoms with Crippen molar-refractivity contribution in [2.75, 3.05) is 22.5 Å². The van der Waals surface area contributed by atoms with Crippen molar-refractivity contribution in [1.82, 2.24) is 9.97 Å². The minimum absolute atomic E-state index is 0.520. The largest absolute Gasteiger partial charge is 0.393 e. The summed E-state index contributed by atoms with van der Waals surface area (Å²) in [7, 11) is 0. The number of anilines is 4. The van der Waals surface area contributed by atoms with E-state index in [0.29, 0.717) is 17.5 Å². The Balaban J connectivity index is 1.90. The fraction of sp³-hybridized carbons (Fsp3) is 0.474. The van der Waals surface area contributed by atoms with Gasteiger partial charge in [0.2, 0.25) is 0 Å². The summed E-state index contributed by atoms with van der Waals surface area (Å²) in [5.41, 5.74) is 9.39. The van der Waals surface area contributed by atoms with Gasteiger partial charge in [0, 0.05) is 18.3 Å². The van der Waals surface area contributed by atoms with Crippen LogP contribution in [0.4, 0.5) is 23.0 Å². The molecule has 0 saturated carbocycles. The monoisotopic (exact) mass is 325 g/mol. The van der Waals surface area contributed by atoms with Gasteiger partial charge in [-0.25, -0.2) is 9.97 Å². The average molecular weight is 325 g/mol. The fourth-order valence-electron chi connectivity index (χ4n) is 3.50. The normalized spacial score (nSPS) is 17.8. The number of piperidine rings is 1. The number of nitrogens with one attached hydrogen (secondary N) is 1. The third kappa shape index (κ3) is 3.30. The molecule has 1 aromatic heterocycles. The van der Waals surface area contributed by atoms with Gasteiger partial charge < -0.3 is 16.0 Å². The summed E-state index contributed by atoms with van der Waals surface area (Å²) in [4.78, 5) is 11.2. The molecule has 128 valence electrons. The molecule has 0 aliphatic carbocycles. The molecule has 1 aromatic carbocycles. The van der Waals surface area contributed by atoms with Gasteiger partial charge in [-0.15, -0.1) is 0 Å². The minimum atomic E-state index is 0.520. The SMILES string of the molecule is CCc1ccccc1Nc1ncnc(N2CCCCC2CC)c1N. The van der Waals surface area contributed by atoms with Gasteiger partial charge in [0.15, 0.2) is 11.6 Å². The molecule has 3 N–H and O–H groups in total. The molecule has 3 rings (SSSR count). The Labute approximate surface area is 144 Å². The van der Waals surface area contributed by atoms with E-state index in [0.717, 1.165) is 30.9 Å². The Morgan fingerprint density at radius 3 is 2.83 bits per heavy atom. The molecule has 2 aromatic rings. The highest BCUT2D eigenvalue weighted by molar-refractivity contribution is 5.79. The maximum Gasteiger partial charge on any atom is 0.159 e. The van der Waals surface area contributed by atoms with Crippen LogP contribution in [0.15, 0.2) is 30.6 Å². The van der Waals surface area contributed by atoms with Crippen molar-refractivity contribution in [2.45, 2.75) is 52.0 Å². The van der Waals surface area contributed by atoms with Gasteiger partial charge >= 0.3 is 0 Å². The molecule has 1 atom stereocenters. The lowest BCUT2D eigenvalue weighted by Crippen LogP contribution is -2.40. The van der Waals surface area contributed by atoms with Crippen molar-refractivity contribution in [1.29, 1.82) is 0 Å². The lowest BCUT2D eigenvalue weighted by atomic mass is 10.00. The Hall–Kier alpha value is -2.30. The van der Waals surface area contributed by atoms with Crippen molar-refractivity contribution in [2.24, 2.45) is 0 Å². The standard InChI is InChI=1S/C19H27N5/c1-3-14-9-5-6-11-16(14)23-18-17(20)19(22-13-21-18)24-12-8-7-10-15(24)4-2/h5-6,9,11,13,15H,3-4,7-8,10,12,20H2,1-2H3,(H,21,22,23). The van der Waals surface area contributed by atoms with Crippen LogP contribution in [-0.2, 0) is 6.42 Å². The van der Waals surface area contributed by atoms with Crippen LogP contribution in [0.3, 0.4) is 0 Å². The second-order valence-corrected chi connectivity index (χ2v) is 6.35. The topological polar surface area (TPSA) is 67.1 Å². The van der Waals surface area contributed by atoms with Crippen LogP contribution in [0, 0.1) is 0 Å². The predicted molar refractivity (Wildman–Crippen MR) is 101 cm³/mol. The number of nitrogen functional groups attached to an aromatic ring is 1. The second kappa shape index (κ2) is 7.51. The highest BCUT2D eigenvalue weighted by atomic mass is 15.2. The van der Waals surface area contributed by atoms with Gasteiger partial charge in [0.05, 0.1) is 0 Å². The van der Waals surface area contributed by atoms with E-state index in [2.05, 4.69) is 52.2 Å². The summed E-state index contributed by atoms with van der Waals surface area (Å²) < 4.78 is 0. The third-order valence-electron chi connectivity index (χ3n) is 4.88. The first kappa shape index (κ1) is 16.6. The summed E-state index contributed by atoms with van der Waals surface area (Å²) in [5.74, 6) is 1.56. The number of nitrogens with zero attached hydrogens (tertiary/aromatic N) is 3. The molecule has 0 radical (unpaired) electrons. The Morgan fingerprint density at radius 2 is 2.04 bits per heavy atom. The molecule has 0 bridgehead atoms. The molecule has 1 saturated heterocycles. The first-order valence-corrected chi connectivity index (χ1v) is 8.96. The van der Waals surface area contributed by atoms with E-state index in [-0.39, 0.29) is 0 Å². The van der Waals surface area contributed by atoms with E-state index in [4.69, 9.17) is 5.73 Å². The maximum atomic E-state index is 6.44. The Morgan fingerprint density at radius 1 is 1.21 bits per heavy atom. The number of nitrogens with two attached hydrogens (primary N) is 1. The zero-order valence-corrected chi connectivity index (χ0v) is 14.6. The van der Waals surface area contributed by atoms with E-state index < -0.39 is 0 Å². The van der Waals surface area contributed by atoms with Crippen LogP contribution in [0.2, 0.25) is 0 Å². The Kier molecular flexibility index (Phi) is 5.18.